The van der Waals surface area contributed by atoms with Gasteiger partial charge in [0.25, 0.3) is 5.91 Å². The first-order chi connectivity index (χ1) is 16.4. The van der Waals surface area contributed by atoms with E-state index >= 15 is 0 Å². The molecule has 0 aliphatic carbocycles. The fourth-order valence-corrected chi connectivity index (χ4v) is 4.70. The van der Waals surface area contributed by atoms with Crippen LogP contribution in [0.1, 0.15) is 53.1 Å². The molecule has 2 atom stereocenters. The first-order valence-corrected chi connectivity index (χ1v) is 11.1. The number of hydrogen-bond donors (Lipinski definition) is 2. The number of hydrogen-bond acceptors (Lipinski definition) is 7. The van der Waals surface area contributed by atoms with Crippen LogP contribution in [-0.2, 0) is 11.3 Å². The van der Waals surface area contributed by atoms with Crippen molar-refractivity contribution < 1.29 is 14.0 Å². The number of nitrogens with one attached hydrogen (secondary N) is 2. The van der Waals surface area contributed by atoms with E-state index in [-0.39, 0.29) is 41.2 Å². The molecule has 1 fully saturated rings. The highest BCUT2D eigenvalue weighted by Crippen LogP contribution is 2.35. The SMILES string of the molecule is CC(=O)N[C@H]1CCCN(C2=NC(c3cc(-c4c(F)cccc4C#N)nc4c3C(=O)NC4)N=C2)C1. The van der Waals surface area contributed by atoms with Gasteiger partial charge in [-0.1, -0.05) is 6.07 Å². The van der Waals surface area contributed by atoms with Crippen molar-refractivity contribution >= 4 is 23.9 Å². The van der Waals surface area contributed by atoms with Crippen molar-refractivity contribution in [3.05, 3.63) is 52.5 Å². The third kappa shape index (κ3) is 3.90. The largest absolute Gasteiger partial charge is 0.354 e. The van der Waals surface area contributed by atoms with Crippen molar-refractivity contribution in [3.8, 4) is 17.3 Å². The fourth-order valence-electron chi connectivity index (χ4n) is 4.70. The highest BCUT2D eigenvalue weighted by molar-refractivity contribution is 6.30. The Labute approximate surface area is 195 Å². The first kappa shape index (κ1) is 21.7. The highest BCUT2D eigenvalue weighted by atomic mass is 19.1. The zero-order valence-corrected chi connectivity index (χ0v) is 18.5. The monoisotopic (exact) mass is 459 g/mol. The lowest BCUT2D eigenvalue weighted by molar-refractivity contribution is -0.119. The lowest BCUT2D eigenvalue weighted by Crippen LogP contribution is -2.49. The Morgan fingerprint density at radius 2 is 2.21 bits per heavy atom. The number of likely N-dealkylation sites (tertiary alicyclic amines) is 1. The molecule has 0 saturated carbocycles. The van der Waals surface area contributed by atoms with Crippen LogP contribution in [0.5, 0.6) is 0 Å². The van der Waals surface area contributed by atoms with Gasteiger partial charge in [0.1, 0.15) is 11.7 Å². The summed E-state index contributed by atoms with van der Waals surface area (Å²) in [7, 11) is 0. The van der Waals surface area contributed by atoms with E-state index in [0.29, 0.717) is 29.2 Å². The normalized spacial score (nSPS) is 21.0. The first-order valence-electron chi connectivity index (χ1n) is 11.1. The second-order valence-electron chi connectivity index (χ2n) is 8.50. The molecule has 172 valence electrons. The maximum Gasteiger partial charge on any atom is 0.253 e. The van der Waals surface area contributed by atoms with Crippen molar-refractivity contribution in [1.82, 2.24) is 20.5 Å². The van der Waals surface area contributed by atoms with Gasteiger partial charge >= 0.3 is 0 Å². The molecule has 1 aromatic heterocycles. The number of benzene rings is 1. The highest BCUT2D eigenvalue weighted by Gasteiger charge is 2.32. The summed E-state index contributed by atoms with van der Waals surface area (Å²) in [5.74, 6) is -0.233. The molecule has 4 heterocycles. The van der Waals surface area contributed by atoms with Crippen LogP contribution in [0.25, 0.3) is 11.3 Å². The van der Waals surface area contributed by atoms with E-state index in [9.17, 15) is 19.2 Å². The Hall–Kier alpha value is -4.13. The number of carbonyl (C=O) groups excluding carboxylic acids is 2. The Balaban J connectivity index is 1.52. The van der Waals surface area contributed by atoms with E-state index in [4.69, 9.17) is 4.99 Å². The van der Waals surface area contributed by atoms with E-state index in [1.54, 1.807) is 12.3 Å². The minimum absolute atomic E-state index is 0.0365. The molecule has 34 heavy (non-hydrogen) atoms. The molecule has 1 unspecified atom stereocenters. The van der Waals surface area contributed by atoms with Crippen LogP contribution in [0.4, 0.5) is 4.39 Å². The number of pyridine rings is 1. The number of piperidine rings is 1. The molecule has 2 amide bonds. The van der Waals surface area contributed by atoms with Crippen LogP contribution in [0.15, 0.2) is 34.3 Å². The van der Waals surface area contributed by atoms with Gasteiger partial charge in [-0.2, -0.15) is 5.26 Å². The number of halogens is 1. The number of fused-ring (bicyclic) bond motifs is 1. The Morgan fingerprint density at radius 3 is 3.00 bits per heavy atom. The molecule has 1 aromatic carbocycles. The van der Waals surface area contributed by atoms with Crippen molar-refractivity contribution in [3.63, 3.8) is 0 Å². The molecule has 1 saturated heterocycles. The topological polar surface area (TPSA) is 123 Å². The third-order valence-electron chi connectivity index (χ3n) is 6.18. The summed E-state index contributed by atoms with van der Waals surface area (Å²) in [6.07, 6.45) is 2.79. The van der Waals surface area contributed by atoms with E-state index in [1.165, 1.54) is 25.1 Å². The number of aliphatic imine (C=N–C) groups is 2. The van der Waals surface area contributed by atoms with Gasteiger partial charge < -0.3 is 15.5 Å². The summed E-state index contributed by atoms with van der Waals surface area (Å²) in [6.45, 7) is 3.12. The second-order valence-corrected chi connectivity index (χ2v) is 8.50. The number of nitrogens with zero attached hydrogens (tertiary/aromatic N) is 5. The molecule has 2 N–H and O–H groups in total. The molecule has 10 heteroatoms. The van der Waals surface area contributed by atoms with Crippen molar-refractivity contribution in [1.29, 1.82) is 5.26 Å². The van der Waals surface area contributed by atoms with Crippen molar-refractivity contribution in [2.24, 2.45) is 9.98 Å². The number of nitriles is 1. The van der Waals surface area contributed by atoms with Gasteiger partial charge in [-0.25, -0.2) is 14.4 Å². The average Bonchev–Trinajstić information content (AvgIpc) is 3.45. The molecular weight excluding hydrogens is 437 g/mol. The van der Waals surface area contributed by atoms with E-state index in [2.05, 4.69) is 25.5 Å². The number of aromatic nitrogens is 1. The number of carbonyl (C=O) groups is 2. The van der Waals surface area contributed by atoms with E-state index < -0.39 is 12.0 Å². The Morgan fingerprint density at radius 1 is 1.35 bits per heavy atom. The standard InChI is InChI=1S/C24H22FN7O2/c1-13(33)29-15-5-3-7-32(12-15)20-11-27-23(31-20)16-8-18(30-19-10-28-24(34)22(16)19)21-14(9-26)4-2-6-17(21)25/h2,4,6,8,11,15,23H,3,5,7,10,12H2,1H3,(H,28,34)(H,29,33)/t15-,23?/m0/s1. The summed E-state index contributed by atoms with van der Waals surface area (Å²) < 4.78 is 14.7. The molecule has 9 nitrogen and oxygen atoms in total. The number of amidine groups is 1. The predicted molar refractivity (Wildman–Crippen MR) is 123 cm³/mol. The van der Waals surface area contributed by atoms with Gasteiger partial charge in [-0.15, -0.1) is 0 Å². The minimum atomic E-state index is -0.687. The Bertz CT molecular complexity index is 1300. The van der Waals surface area contributed by atoms with Gasteiger partial charge in [0, 0.05) is 31.6 Å². The van der Waals surface area contributed by atoms with Gasteiger partial charge in [0.2, 0.25) is 5.91 Å². The zero-order valence-electron chi connectivity index (χ0n) is 18.5. The van der Waals surface area contributed by atoms with Crippen LogP contribution in [0.2, 0.25) is 0 Å². The lowest BCUT2D eigenvalue weighted by Gasteiger charge is -2.33. The van der Waals surface area contributed by atoms with Crippen LogP contribution >= 0.6 is 0 Å². The average molecular weight is 459 g/mol. The van der Waals surface area contributed by atoms with Crippen molar-refractivity contribution in [2.75, 3.05) is 13.1 Å². The molecule has 0 radical (unpaired) electrons. The van der Waals surface area contributed by atoms with Gasteiger partial charge in [-0.3, -0.25) is 14.6 Å². The maximum absolute atomic E-state index is 14.7. The molecular formula is C24H22FN7O2. The zero-order chi connectivity index (χ0) is 23.8. The van der Waals surface area contributed by atoms with Gasteiger partial charge in [0.05, 0.1) is 46.9 Å². The minimum Gasteiger partial charge on any atom is -0.354 e. The summed E-state index contributed by atoms with van der Waals surface area (Å²) in [6, 6.07) is 7.93. The smallest absolute Gasteiger partial charge is 0.253 e. The summed E-state index contributed by atoms with van der Waals surface area (Å²) >= 11 is 0. The Kier molecular flexibility index (Phi) is 5.53. The predicted octanol–water partition coefficient (Wildman–Crippen LogP) is 2.08. The summed E-state index contributed by atoms with van der Waals surface area (Å²) in [5, 5.41) is 15.2. The fraction of sp³-hybridized carbons (Fsp3) is 0.333. The van der Waals surface area contributed by atoms with E-state index in [0.717, 1.165) is 19.4 Å². The maximum atomic E-state index is 14.7. The lowest BCUT2D eigenvalue weighted by atomic mass is 9.98. The van der Waals surface area contributed by atoms with E-state index in [1.807, 2.05) is 6.07 Å². The van der Waals surface area contributed by atoms with Crippen LogP contribution in [-0.4, -0.2) is 52.9 Å². The summed E-state index contributed by atoms with van der Waals surface area (Å²) in [4.78, 5) is 39.9. The molecule has 0 spiro atoms. The van der Waals surface area contributed by atoms with Gasteiger partial charge in [-0.05, 0) is 31.0 Å². The quantitative estimate of drug-likeness (QED) is 0.728. The summed E-state index contributed by atoms with van der Waals surface area (Å²) in [5.41, 5.74) is 1.90. The molecule has 3 aliphatic rings. The van der Waals surface area contributed by atoms with Crippen LogP contribution in [0.3, 0.4) is 0 Å². The second kappa shape index (κ2) is 8.67. The molecule has 2 aromatic rings. The van der Waals surface area contributed by atoms with Crippen molar-refractivity contribution in [2.45, 2.75) is 38.5 Å². The molecule has 0 bridgehead atoms. The van der Waals surface area contributed by atoms with Crippen LogP contribution in [0, 0.1) is 17.1 Å². The number of rotatable bonds is 3. The third-order valence-corrected chi connectivity index (χ3v) is 6.18. The van der Waals surface area contributed by atoms with Crippen LogP contribution < -0.4 is 10.6 Å². The van der Waals surface area contributed by atoms with Gasteiger partial charge in [0.15, 0.2) is 6.17 Å². The number of amides is 2. The molecule has 5 rings (SSSR count). The molecule has 3 aliphatic heterocycles.